The van der Waals surface area contributed by atoms with E-state index in [2.05, 4.69) is 10.6 Å². The van der Waals surface area contributed by atoms with Gasteiger partial charge in [0, 0.05) is 30.9 Å². The summed E-state index contributed by atoms with van der Waals surface area (Å²) in [6.07, 6.45) is 0. The second-order valence-corrected chi connectivity index (χ2v) is 7.85. The highest BCUT2D eigenvalue weighted by Gasteiger charge is 2.25. The molecule has 0 radical (unpaired) electrons. The average Bonchev–Trinajstić information content (AvgIpc) is 2.66. The summed E-state index contributed by atoms with van der Waals surface area (Å²) in [6.45, 7) is 2.82. The number of carbonyl (C=O) groups is 2. The number of benzene rings is 2. The highest BCUT2D eigenvalue weighted by molar-refractivity contribution is 7.89. The summed E-state index contributed by atoms with van der Waals surface area (Å²) in [5, 5.41) is 5.24. The lowest BCUT2D eigenvalue weighted by atomic mass is 10.3. The van der Waals surface area contributed by atoms with E-state index in [1.54, 1.807) is 31.2 Å². The Kier molecular flexibility index (Phi) is 7.13. The van der Waals surface area contributed by atoms with Crippen LogP contribution in [0, 0.1) is 0 Å². The Bertz CT molecular complexity index is 942. The van der Waals surface area contributed by atoms with Gasteiger partial charge < -0.3 is 15.4 Å². The number of nitrogens with one attached hydrogen (secondary N) is 2. The smallest absolute Gasteiger partial charge is 0.243 e. The molecule has 0 saturated carbocycles. The summed E-state index contributed by atoms with van der Waals surface area (Å²) in [5.74, 6) is -0.134. The quantitative estimate of drug-likeness (QED) is 0.701. The molecule has 150 valence electrons. The number of sulfonamides is 1. The second-order valence-electron chi connectivity index (χ2n) is 5.92. The van der Waals surface area contributed by atoms with Crippen LogP contribution in [0.3, 0.4) is 0 Å². The number of hydrogen-bond acceptors (Lipinski definition) is 5. The largest absolute Gasteiger partial charge is 0.497 e. The molecule has 0 atom stereocenters. The van der Waals surface area contributed by atoms with Gasteiger partial charge in [-0.25, -0.2) is 8.42 Å². The van der Waals surface area contributed by atoms with Gasteiger partial charge in [-0.05, 0) is 36.4 Å². The normalized spacial score (nSPS) is 11.1. The van der Waals surface area contributed by atoms with E-state index in [1.807, 2.05) is 0 Å². The molecule has 0 saturated heterocycles. The Morgan fingerprint density at radius 3 is 2.29 bits per heavy atom. The van der Waals surface area contributed by atoms with E-state index in [-0.39, 0.29) is 23.9 Å². The number of hydrogen-bond donors (Lipinski definition) is 2. The van der Waals surface area contributed by atoms with Gasteiger partial charge in [0.05, 0.1) is 18.6 Å². The number of ether oxygens (including phenoxy) is 1. The highest BCUT2D eigenvalue weighted by Crippen LogP contribution is 2.20. The van der Waals surface area contributed by atoms with Crippen molar-refractivity contribution in [3.05, 3.63) is 48.5 Å². The van der Waals surface area contributed by atoms with Crippen LogP contribution in [0.1, 0.15) is 13.8 Å². The van der Waals surface area contributed by atoms with Gasteiger partial charge in [-0.3, -0.25) is 9.59 Å². The Morgan fingerprint density at radius 2 is 1.71 bits per heavy atom. The molecule has 0 unspecified atom stereocenters. The number of anilines is 2. The Labute approximate surface area is 164 Å². The van der Waals surface area contributed by atoms with Crippen molar-refractivity contribution in [2.24, 2.45) is 0 Å². The lowest BCUT2D eigenvalue weighted by Crippen LogP contribution is -2.37. The minimum atomic E-state index is -3.86. The van der Waals surface area contributed by atoms with E-state index >= 15 is 0 Å². The zero-order valence-corrected chi connectivity index (χ0v) is 16.7. The Balaban J connectivity index is 2.11. The summed E-state index contributed by atoms with van der Waals surface area (Å²) in [5.41, 5.74) is 1.00. The number of carbonyl (C=O) groups excluding carboxylic acids is 2. The lowest BCUT2D eigenvalue weighted by molar-refractivity contribution is -0.116. The van der Waals surface area contributed by atoms with E-state index in [0.29, 0.717) is 17.1 Å². The topological polar surface area (TPSA) is 105 Å². The summed E-state index contributed by atoms with van der Waals surface area (Å²) in [4.78, 5) is 23.4. The van der Waals surface area contributed by atoms with Crippen LogP contribution < -0.4 is 15.4 Å². The van der Waals surface area contributed by atoms with Crippen LogP contribution in [0.25, 0.3) is 0 Å². The molecular weight excluding hydrogens is 382 g/mol. The minimum Gasteiger partial charge on any atom is -0.497 e. The third-order valence-electron chi connectivity index (χ3n) is 3.84. The summed E-state index contributed by atoms with van der Waals surface area (Å²) in [6, 6.07) is 12.6. The Hall–Kier alpha value is -2.91. The molecule has 0 aromatic heterocycles. The van der Waals surface area contributed by atoms with Gasteiger partial charge in [-0.2, -0.15) is 4.31 Å². The number of nitrogens with zero attached hydrogens (tertiary/aromatic N) is 1. The fraction of sp³-hybridized carbons (Fsp3) is 0.263. The predicted molar refractivity (Wildman–Crippen MR) is 107 cm³/mol. The van der Waals surface area contributed by atoms with Gasteiger partial charge in [0.25, 0.3) is 0 Å². The van der Waals surface area contributed by atoms with Crippen LogP contribution in [-0.4, -0.2) is 44.7 Å². The third kappa shape index (κ3) is 5.54. The summed E-state index contributed by atoms with van der Waals surface area (Å²) < 4.78 is 31.8. The lowest BCUT2D eigenvalue weighted by Gasteiger charge is -2.20. The van der Waals surface area contributed by atoms with Crippen LogP contribution in [0.4, 0.5) is 11.4 Å². The van der Waals surface area contributed by atoms with Gasteiger partial charge in [-0.1, -0.05) is 13.0 Å². The fourth-order valence-corrected chi connectivity index (χ4v) is 3.90. The number of rotatable bonds is 8. The predicted octanol–water partition coefficient (Wildman–Crippen LogP) is 2.30. The first-order valence-electron chi connectivity index (χ1n) is 8.58. The molecule has 0 heterocycles. The molecule has 2 aromatic rings. The molecule has 2 amide bonds. The van der Waals surface area contributed by atoms with Crippen LogP contribution in [0.15, 0.2) is 53.4 Å². The first-order valence-corrected chi connectivity index (χ1v) is 10.0. The van der Waals surface area contributed by atoms with E-state index in [9.17, 15) is 18.0 Å². The molecule has 0 bridgehead atoms. The van der Waals surface area contributed by atoms with E-state index in [1.165, 1.54) is 38.3 Å². The molecule has 0 fully saturated rings. The highest BCUT2D eigenvalue weighted by atomic mass is 32.2. The van der Waals surface area contributed by atoms with Gasteiger partial charge in [-0.15, -0.1) is 0 Å². The van der Waals surface area contributed by atoms with Crippen LogP contribution in [0.5, 0.6) is 5.75 Å². The van der Waals surface area contributed by atoms with Crippen LogP contribution >= 0.6 is 0 Å². The number of amides is 2. The maximum atomic E-state index is 12.8. The maximum Gasteiger partial charge on any atom is 0.243 e. The summed E-state index contributed by atoms with van der Waals surface area (Å²) in [7, 11) is -2.34. The number of methoxy groups -OCH3 is 1. The van der Waals surface area contributed by atoms with E-state index in [0.717, 1.165) is 4.31 Å². The van der Waals surface area contributed by atoms with Gasteiger partial charge >= 0.3 is 0 Å². The van der Waals surface area contributed by atoms with Crippen LogP contribution in [-0.2, 0) is 19.6 Å². The minimum absolute atomic E-state index is 0.0395. The summed E-state index contributed by atoms with van der Waals surface area (Å²) >= 11 is 0. The standard InChI is InChI=1S/C19H23N3O5S/c1-4-22(13-19(24)21-16-6-5-7-17(12-16)27-3)28(25,26)18-10-8-15(9-11-18)20-14(2)23/h5-12H,4,13H2,1-3H3,(H,20,23)(H,21,24). The van der Waals surface area contributed by atoms with Gasteiger partial charge in [0.1, 0.15) is 5.75 Å². The maximum absolute atomic E-state index is 12.8. The first-order chi connectivity index (χ1) is 13.3. The van der Waals surface area contributed by atoms with Crippen molar-refractivity contribution < 1.29 is 22.7 Å². The van der Waals surface area contributed by atoms with Crippen molar-refractivity contribution in [1.82, 2.24) is 4.31 Å². The fourth-order valence-electron chi connectivity index (χ4n) is 2.49. The van der Waals surface area contributed by atoms with E-state index < -0.39 is 15.9 Å². The second kappa shape index (κ2) is 9.34. The van der Waals surface area contributed by atoms with Crippen molar-refractivity contribution in [2.75, 3.05) is 30.8 Å². The third-order valence-corrected chi connectivity index (χ3v) is 5.77. The molecule has 8 nitrogen and oxygen atoms in total. The van der Waals surface area contributed by atoms with Gasteiger partial charge in [0.15, 0.2) is 0 Å². The molecule has 0 spiro atoms. The van der Waals surface area contributed by atoms with Crippen LogP contribution in [0.2, 0.25) is 0 Å². The molecule has 0 aliphatic rings. The molecular formula is C19H23N3O5S. The van der Waals surface area contributed by atoms with Crippen molar-refractivity contribution in [2.45, 2.75) is 18.7 Å². The molecule has 9 heteroatoms. The molecule has 2 rings (SSSR count). The Morgan fingerprint density at radius 1 is 1.04 bits per heavy atom. The average molecular weight is 405 g/mol. The SMILES string of the molecule is CCN(CC(=O)Nc1cccc(OC)c1)S(=O)(=O)c1ccc(NC(C)=O)cc1. The molecule has 2 aromatic carbocycles. The molecule has 28 heavy (non-hydrogen) atoms. The van der Waals surface area contributed by atoms with E-state index in [4.69, 9.17) is 4.74 Å². The van der Waals surface area contributed by atoms with Crippen molar-refractivity contribution in [3.63, 3.8) is 0 Å². The van der Waals surface area contributed by atoms with Crippen molar-refractivity contribution in [1.29, 1.82) is 0 Å². The van der Waals surface area contributed by atoms with Crippen molar-refractivity contribution >= 4 is 33.2 Å². The molecule has 0 aliphatic heterocycles. The zero-order chi connectivity index (χ0) is 20.7. The monoisotopic (exact) mass is 405 g/mol. The first kappa shape index (κ1) is 21.4. The number of likely N-dealkylation sites (N-methyl/N-ethyl adjacent to an activating group) is 1. The molecule has 2 N–H and O–H groups in total. The zero-order valence-electron chi connectivity index (χ0n) is 15.9. The van der Waals surface area contributed by atoms with Gasteiger partial charge in [0.2, 0.25) is 21.8 Å². The van der Waals surface area contributed by atoms with Crippen molar-refractivity contribution in [3.8, 4) is 5.75 Å². The molecule has 0 aliphatic carbocycles.